The van der Waals surface area contributed by atoms with Crippen LogP contribution in [0.25, 0.3) is 0 Å². The number of hydrogen-bond acceptors (Lipinski definition) is 6. The first-order valence-electron chi connectivity index (χ1n) is 9.19. The van der Waals surface area contributed by atoms with Crippen molar-refractivity contribution in [2.75, 3.05) is 13.2 Å². The molecule has 2 saturated heterocycles. The first-order valence-corrected chi connectivity index (χ1v) is 11.3. The van der Waals surface area contributed by atoms with Crippen molar-refractivity contribution in [3.05, 3.63) is 0 Å². The third-order valence-corrected chi connectivity index (χ3v) is 9.66. The smallest absolute Gasteiger partial charge is 0.163 e. The summed E-state index contributed by atoms with van der Waals surface area (Å²) in [5.74, 6) is -0.800. The van der Waals surface area contributed by atoms with Crippen molar-refractivity contribution in [2.45, 2.75) is 99.5 Å². The van der Waals surface area contributed by atoms with Crippen molar-refractivity contribution in [1.82, 2.24) is 0 Å². The van der Waals surface area contributed by atoms with E-state index in [1.807, 2.05) is 27.7 Å². The Morgan fingerprint density at radius 1 is 0.708 bits per heavy atom. The summed E-state index contributed by atoms with van der Waals surface area (Å²) >= 11 is 0. The lowest BCUT2D eigenvalue weighted by Crippen LogP contribution is -2.25. The van der Waals surface area contributed by atoms with Crippen LogP contribution in [0.5, 0.6) is 0 Å². The van der Waals surface area contributed by atoms with E-state index in [0.717, 1.165) is 26.1 Å². The molecule has 4 rings (SSSR count). The van der Waals surface area contributed by atoms with E-state index in [0.29, 0.717) is 9.49 Å². The Bertz CT molecular complexity index is 441. The van der Waals surface area contributed by atoms with Crippen molar-refractivity contribution < 1.29 is 18.9 Å². The fourth-order valence-corrected chi connectivity index (χ4v) is 7.52. The monoisotopic (exact) mass is 374 g/mol. The molecule has 0 radical (unpaired) electrons. The standard InChI is InChI=1S/C18H30O4S2/c1-15(2)19-11-13(21-15)9-17(5-6-17)23-24-18(7-8-18)10-14-12-20-16(3,4)22-14/h13-14H,5-12H2,1-4H3. The third kappa shape index (κ3) is 4.26. The third-order valence-electron chi connectivity index (χ3n) is 5.34. The van der Waals surface area contributed by atoms with Gasteiger partial charge in [0.2, 0.25) is 0 Å². The highest BCUT2D eigenvalue weighted by molar-refractivity contribution is 8.77. The van der Waals surface area contributed by atoms with Gasteiger partial charge in [0.15, 0.2) is 11.6 Å². The van der Waals surface area contributed by atoms with E-state index in [9.17, 15) is 0 Å². The Morgan fingerprint density at radius 2 is 1.08 bits per heavy atom. The van der Waals surface area contributed by atoms with Crippen molar-refractivity contribution >= 4 is 21.6 Å². The SMILES string of the molecule is CC1(C)OCC(CC2(SSC3(CC4COC(C)(C)O4)CC3)CC2)O1. The van der Waals surface area contributed by atoms with E-state index >= 15 is 0 Å². The zero-order valence-corrected chi connectivity index (χ0v) is 16.9. The molecule has 0 bridgehead atoms. The molecule has 0 amide bonds. The average molecular weight is 375 g/mol. The molecule has 2 heterocycles. The molecule has 6 heteroatoms. The van der Waals surface area contributed by atoms with Gasteiger partial charge in [0.25, 0.3) is 0 Å². The van der Waals surface area contributed by atoms with Crippen molar-refractivity contribution in [2.24, 2.45) is 0 Å². The van der Waals surface area contributed by atoms with Gasteiger partial charge in [0.05, 0.1) is 25.4 Å². The van der Waals surface area contributed by atoms with Crippen LogP contribution in [0.4, 0.5) is 0 Å². The Hall–Kier alpha value is 0.540. The number of hydrogen-bond donors (Lipinski definition) is 0. The highest BCUT2D eigenvalue weighted by Crippen LogP contribution is 2.65. The molecule has 4 aliphatic rings. The lowest BCUT2D eigenvalue weighted by molar-refractivity contribution is -0.139. The Balaban J connectivity index is 1.24. The molecular weight excluding hydrogens is 344 g/mol. The maximum atomic E-state index is 6.02. The molecule has 138 valence electrons. The van der Waals surface area contributed by atoms with E-state index in [2.05, 4.69) is 21.6 Å². The van der Waals surface area contributed by atoms with Gasteiger partial charge in [-0.25, -0.2) is 0 Å². The Labute approximate surface area is 153 Å². The average Bonchev–Trinajstić information content (AvgIpc) is 3.35. The summed E-state index contributed by atoms with van der Waals surface area (Å²) in [7, 11) is 4.23. The fourth-order valence-electron chi connectivity index (χ4n) is 3.66. The Morgan fingerprint density at radius 3 is 1.33 bits per heavy atom. The van der Waals surface area contributed by atoms with Crippen LogP contribution in [-0.2, 0) is 18.9 Å². The molecule has 0 aromatic heterocycles. The molecule has 2 aliphatic heterocycles. The van der Waals surface area contributed by atoms with E-state index in [-0.39, 0.29) is 12.2 Å². The quantitative estimate of drug-likeness (QED) is 0.610. The molecule has 2 unspecified atom stereocenters. The molecule has 2 atom stereocenters. The van der Waals surface area contributed by atoms with Gasteiger partial charge >= 0.3 is 0 Å². The first-order chi connectivity index (χ1) is 11.2. The van der Waals surface area contributed by atoms with Gasteiger partial charge in [0, 0.05) is 9.49 Å². The maximum absolute atomic E-state index is 6.02. The lowest BCUT2D eigenvalue weighted by atomic mass is 10.2. The number of rotatable bonds is 7. The summed E-state index contributed by atoms with van der Waals surface area (Å²) in [6.07, 6.45) is 8.04. The van der Waals surface area contributed by atoms with Crippen molar-refractivity contribution in [3.8, 4) is 0 Å². The minimum Gasteiger partial charge on any atom is -0.348 e. The van der Waals surface area contributed by atoms with Crippen LogP contribution in [0.15, 0.2) is 0 Å². The summed E-state index contributed by atoms with van der Waals surface area (Å²) in [4.78, 5) is 0. The predicted molar refractivity (Wildman–Crippen MR) is 98.2 cm³/mol. The second-order valence-electron chi connectivity index (χ2n) is 8.84. The van der Waals surface area contributed by atoms with Gasteiger partial charge in [-0.3, -0.25) is 0 Å². The minimum absolute atomic E-state index is 0.262. The summed E-state index contributed by atoms with van der Waals surface area (Å²) < 4.78 is 24.3. The van der Waals surface area contributed by atoms with Gasteiger partial charge < -0.3 is 18.9 Å². The van der Waals surface area contributed by atoms with Crippen LogP contribution in [0.3, 0.4) is 0 Å². The summed E-state index contributed by atoms with van der Waals surface area (Å²) in [5.41, 5.74) is 0. The molecule has 2 saturated carbocycles. The van der Waals surface area contributed by atoms with Gasteiger partial charge in [-0.05, 0) is 66.2 Å². The summed E-state index contributed by atoms with van der Waals surface area (Å²) in [5, 5.41) is 0. The lowest BCUT2D eigenvalue weighted by Gasteiger charge is -2.24. The highest BCUT2D eigenvalue weighted by atomic mass is 33.1. The molecule has 0 aromatic carbocycles. The molecule has 24 heavy (non-hydrogen) atoms. The number of ether oxygens (including phenoxy) is 4. The van der Waals surface area contributed by atoms with E-state index in [1.54, 1.807) is 0 Å². The molecule has 2 aliphatic carbocycles. The largest absolute Gasteiger partial charge is 0.348 e. The van der Waals surface area contributed by atoms with Gasteiger partial charge in [-0.15, -0.1) is 0 Å². The zero-order chi connectivity index (χ0) is 17.1. The zero-order valence-electron chi connectivity index (χ0n) is 15.3. The molecule has 4 nitrogen and oxygen atoms in total. The van der Waals surface area contributed by atoms with Gasteiger partial charge in [-0.2, -0.15) is 0 Å². The molecule has 0 spiro atoms. The van der Waals surface area contributed by atoms with Crippen LogP contribution in [0.1, 0.15) is 66.2 Å². The highest BCUT2D eigenvalue weighted by Gasteiger charge is 2.53. The second kappa shape index (κ2) is 6.03. The maximum Gasteiger partial charge on any atom is 0.163 e. The molecular formula is C18H30O4S2. The van der Waals surface area contributed by atoms with Crippen LogP contribution in [-0.4, -0.2) is 46.5 Å². The van der Waals surface area contributed by atoms with Gasteiger partial charge in [-0.1, -0.05) is 21.6 Å². The molecule has 0 N–H and O–H groups in total. The first kappa shape index (κ1) is 17.9. The van der Waals surface area contributed by atoms with E-state index < -0.39 is 11.6 Å². The predicted octanol–water partition coefficient (Wildman–Crippen LogP) is 4.52. The van der Waals surface area contributed by atoms with Crippen LogP contribution >= 0.6 is 21.6 Å². The van der Waals surface area contributed by atoms with Crippen LogP contribution in [0, 0.1) is 0 Å². The summed E-state index contributed by atoms with van der Waals surface area (Å²) in [6, 6.07) is 0. The minimum atomic E-state index is -0.400. The van der Waals surface area contributed by atoms with Crippen LogP contribution < -0.4 is 0 Å². The summed E-state index contributed by atoms with van der Waals surface area (Å²) in [6.45, 7) is 9.54. The van der Waals surface area contributed by atoms with Crippen LogP contribution in [0.2, 0.25) is 0 Å². The normalized spacial score (nSPS) is 37.5. The second-order valence-corrected chi connectivity index (χ2v) is 11.9. The topological polar surface area (TPSA) is 36.9 Å². The van der Waals surface area contributed by atoms with Crippen molar-refractivity contribution in [1.29, 1.82) is 0 Å². The van der Waals surface area contributed by atoms with Gasteiger partial charge in [0.1, 0.15) is 0 Å². The van der Waals surface area contributed by atoms with Crippen molar-refractivity contribution in [3.63, 3.8) is 0 Å². The van der Waals surface area contributed by atoms with E-state index in [1.165, 1.54) is 25.7 Å². The molecule has 0 aromatic rings. The van der Waals surface area contributed by atoms with E-state index in [4.69, 9.17) is 18.9 Å². The fraction of sp³-hybridized carbons (Fsp3) is 1.00. The molecule has 4 fully saturated rings. The Kier molecular flexibility index (Phi) is 4.50.